The van der Waals surface area contributed by atoms with Crippen LogP contribution < -0.4 is 0 Å². The van der Waals surface area contributed by atoms with Crippen molar-refractivity contribution in [3.05, 3.63) is 12.2 Å². The topological polar surface area (TPSA) is 37.3 Å². The van der Waals surface area contributed by atoms with Gasteiger partial charge in [0.2, 0.25) is 0 Å². The van der Waals surface area contributed by atoms with Gasteiger partial charge in [0.25, 0.3) is 0 Å². The molecule has 1 rings (SSSR count). The van der Waals surface area contributed by atoms with Crippen molar-refractivity contribution in [3.63, 3.8) is 0 Å². The summed E-state index contributed by atoms with van der Waals surface area (Å²) in [4.78, 5) is 10.6. The molecule has 0 aromatic heterocycles. The summed E-state index contributed by atoms with van der Waals surface area (Å²) in [5.74, 6) is 0.382. The Hall–Kier alpha value is -0.790. The summed E-state index contributed by atoms with van der Waals surface area (Å²) in [5.41, 5.74) is 0.361. The molecule has 0 heterocycles. The van der Waals surface area contributed by atoms with E-state index in [4.69, 9.17) is 5.11 Å². The lowest BCUT2D eigenvalue weighted by Gasteiger charge is -2.18. The highest BCUT2D eigenvalue weighted by molar-refractivity contribution is 5.85. The summed E-state index contributed by atoms with van der Waals surface area (Å²) in [6.45, 7) is 5.71. The zero-order chi connectivity index (χ0) is 9.84. The molecule has 0 spiro atoms. The van der Waals surface area contributed by atoms with Crippen LogP contribution in [0.4, 0.5) is 0 Å². The molecule has 1 atom stereocenters. The lowest BCUT2D eigenvalue weighted by Crippen LogP contribution is -2.11. The molecule has 1 aliphatic rings. The number of aliphatic carboxylic acids is 1. The zero-order valence-electron chi connectivity index (χ0n) is 8.25. The first-order valence-corrected chi connectivity index (χ1v) is 5.02. The van der Waals surface area contributed by atoms with Crippen molar-refractivity contribution in [2.24, 2.45) is 11.8 Å². The number of rotatable bonds is 4. The summed E-state index contributed by atoms with van der Waals surface area (Å²) >= 11 is 0. The van der Waals surface area contributed by atoms with E-state index >= 15 is 0 Å². The first-order valence-electron chi connectivity index (χ1n) is 5.02. The molecular weight excluding hydrogens is 164 g/mol. The molecule has 1 aliphatic carbocycles. The summed E-state index contributed by atoms with van der Waals surface area (Å²) in [6, 6.07) is 0. The maximum Gasteiger partial charge on any atom is 0.330 e. The quantitative estimate of drug-likeness (QED) is 0.679. The van der Waals surface area contributed by atoms with Gasteiger partial charge in [-0.25, -0.2) is 4.79 Å². The number of hydrogen-bond acceptors (Lipinski definition) is 1. The van der Waals surface area contributed by atoms with Crippen molar-refractivity contribution in [1.82, 2.24) is 0 Å². The Morgan fingerprint density at radius 3 is 2.54 bits per heavy atom. The second kappa shape index (κ2) is 4.45. The average molecular weight is 182 g/mol. The van der Waals surface area contributed by atoms with Crippen molar-refractivity contribution >= 4 is 5.97 Å². The third-order valence-electron chi connectivity index (χ3n) is 3.08. The van der Waals surface area contributed by atoms with Crippen LogP contribution in [0, 0.1) is 11.8 Å². The predicted octanol–water partition coefficient (Wildman–Crippen LogP) is 2.84. The Bertz CT molecular complexity index is 202. The molecule has 1 saturated carbocycles. The van der Waals surface area contributed by atoms with Gasteiger partial charge in [-0.15, -0.1) is 0 Å². The third kappa shape index (κ3) is 2.87. The molecule has 1 fully saturated rings. The van der Waals surface area contributed by atoms with Crippen LogP contribution in [0.15, 0.2) is 12.2 Å². The van der Waals surface area contributed by atoms with Crippen LogP contribution in [0.2, 0.25) is 0 Å². The average Bonchev–Trinajstić information content (AvgIpc) is 2.55. The number of hydrogen-bond donors (Lipinski definition) is 1. The minimum atomic E-state index is -0.843. The van der Waals surface area contributed by atoms with E-state index in [9.17, 15) is 4.79 Å². The lowest BCUT2D eigenvalue weighted by molar-refractivity contribution is -0.132. The molecule has 74 valence electrons. The van der Waals surface area contributed by atoms with Gasteiger partial charge in [0.05, 0.1) is 0 Å². The Labute approximate surface area is 79.6 Å². The van der Waals surface area contributed by atoms with Crippen molar-refractivity contribution in [2.45, 2.75) is 39.0 Å². The van der Waals surface area contributed by atoms with Crippen LogP contribution >= 0.6 is 0 Å². The largest absolute Gasteiger partial charge is 0.478 e. The fourth-order valence-corrected chi connectivity index (χ4v) is 2.17. The van der Waals surface area contributed by atoms with Crippen molar-refractivity contribution in [1.29, 1.82) is 0 Å². The van der Waals surface area contributed by atoms with Crippen LogP contribution in [0.25, 0.3) is 0 Å². The van der Waals surface area contributed by atoms with Gasteiger partial charge in [-0.3, -0.25) is 0 Å². The molecule has 0 aromatic carbocycles. The van der Waals surface area contributed by atoms with E-state index < -0.39 is 5.97 Å². The first kappa shape index (κ1) is 10.3. The van der Waals surface area contributed by atoms with Gasteiger partial charge in [-0.1, -0.05) is 39.2 Å². The highest BCUT2D eigenvalue weighted by Crippen LogP contribution is 2.33. The van der Waals surface area contributed by atoms with Crippen LogP contribution in [-0.2, 0) is 4.79 Å². The molecule has 1 N–H and O–H groups in total. The maximum absolute atomic E-state index is 10.6. The fourth-order valence-electron chi connectivity index (χ4n) is 2.17. The molecule has 0 amide bonds. The predicted molar refractivity (Wildman–Crippen MR) is 52.5 cm³/mol. The number of carboxylic acid groups (broad SMARTS) is 1. The van der Waals surface area contributed by atoms with Gasteiger partial charge >= 0.3 is 5.97 Å². The molecule has 0 aliphatic heterocycles. The molecule has 2 heteroatoms. The second-order valence-electron chi connectivity index (χ2n) is 4.13. The summed E-state index contributed by atoms with van der Waals surface area (Å²) in [5, 5.41) is 8.67. The monoisotopic (exact) mass is 182 g/mol. The molecule has 2 nitrogen and oxygen atoms in total. The summed E-state index contributed by atoms with van der Waals surface area (Å²) in [6.07, 6.45) is 5.82. The molecule has 0 saturated heterocycles. The number of carbonyl (C=O) groups is 1. The Morgan fingerprint density at radius 2 is 2.08 bits per heavy atom. The van der Waals surface area contributed by atoms with Gasteiger partial charge < -0.3 is 5.11 Å². The Balaban J connectivity index is 2.35. The summed E-state index contributed by atoms with van der Waals surface area (Å²) in [7, 11) is 0. The highest BCUT2D eigenvalue weighted by Gasteiger charge is 2.22. The van der Waals surface area contributed by atoms with Crippen molar-refractivity contribution < 1.29 is 9.90 Å². The second-order valence-corrected chi connectivity index (χ2v) is 4.13. The van der Waals surface area contributed by atoms with E-state index in [0.29, 0.717) is 17.9 Å². The van der Waals surface area contributed by atoms with Gasteiger partial charge in [0.1, 0.15) is 0 Å². The van der Waals surface area contributed by atoms with Crippen molar-refractivity contribution in [2.75, 3.05) is 0 Å². The zero-order valence-corrected chi connectivity index (χ0v) is 8.25. The third-order valence-corrected chi connectivity index (χ3v) is 3.08. The molecule has 0 bridgehead atoms. The van der Waals surface area contributed by atoms with E-state index in [1.165, 1.54) is 25.7 Å². The number of carboxylic acids is 1. The standard InChI is InChI=1S/C11H18O2/c1-8(7-9(2)11(12)13)10-5-3-4-6-10/h8,10H,2-7H2,1H3,(H,12,13). The minimum absolute atomic E-state index is 0.361. The van der Waals surface area contributed by atoms with E-state index in [1.807, 2.05) is 0 Å². The van der Waals surface area contributed by atoms with Gasteiger partial charge in [0, 0.05) is 5.57 Å². The Kier molecular flexibility index (Phi) is 3.52. The van der Waals surface area contributed by atoms with Gasteiger partial charge in [0.15, 0.2) is 0 Å². The van der Waals surface area contributed by atoms with Gasteiger partial charge in [-0.2, -0.15) is 0 Å². The maximum atomic E-state index is 10.6. The van der Waals surface area contributed by atoms with E-state index in [1.54, 1.807) is 0 Å². The molecule has 0 radical (unpaired) electrons. The lowest BCUT2D eigenvalue weighted by atomic mass is 9.87. The SMILES string of the molecule is C=C(CC(C)C1CCCC1)C(=O)O. The highest BCUT2D eigenvalue weighted by atomic mass is 16.4. The van der Waals surface area contributed by atoms with Crippen LogP contribution in [0.1, 0.15) is 39.0 Å². The summed E-state index contributed by atoms with van der Waals surface area (Å²) < 4.78 is 0. The molecule has 1 unspecified atom stereocenters. The molecule has 13 heavy (non-hydrogen) atoms. The molecular formula is C11H18O2. The Morgan fingerprint density at radius 1 is 1.54 bits per heavy atom. The minimum Gasteiger partial charge on any atom is -0.478 e. The molecule has 0 aromatic rings. The van der Waals surface area contributed by atoms with Crippen molar-refractivity contribution in [3.8, 4) is 0 Å². The van der Waals surface area contributed by atoms with E-state index in [2.05, 4.69) is 13.5 Å². The smallest absolute Gasteiger partial charge is 0.330 e. The van der Waals surface area contributed by atoms with E-state index in [-0.39, 0.29) is 0 Å². The normalized spacial score (nSPS) is 20.1. The van der Waals surface area contributed by atoms with Crippen LogP contribution in [-0.4, -0.2) is 11.1 Å². The van der Waals surface area contributed by atoms with Crippen LogP contribution in [0.5, 0.6) is 0 Å². The van der Waals surface area contributed by atoms with Crippen LogP contribution in [0.3, 0.4) is 0 Å². The van der Waals surface area contributed by atoms with E-state index in [0.717, 1.165) is 5.92 Å². The first-order chi connectivity index (χ1) is 6.11. The fraction of sp³-hybridized carbons (Fsp3) is 0.727. The van der Waals surface area contributed by atoms with Gasteiger partial charge in [-0.05, 0) is 18.3 Å².